The van der Waals surface area contributed by atoms with Gasteiger partial charge in [-0.15, -0.1) is 0 Å². The third kappa shape index (κ3) is 1.48. The molecule has 0 fully saturated rings. The van der Waals surface area contributed by atoms with Crippen molar-refractivity contribution in [1.82, 2.24) is 9.78 Å². The van der Waals surface area contributed by atoms with Crippen LogP contribution in [0.4, 0.5) is 5.82 Å². The summed E-state index contributed by atoms with van der Waals surface area (Å²) in [5.41, 5.74) is 12.3. The zero-order valence-electron chi connectivity index (χ0n) is 7.78. The van der Waals surface area contributed by atoms with Crippen molar-refractivity contribution < 1.29 is 0 Å². The topological polar surface area (TPSA) is 93.7 Å². The molecule has 0 aliphatic rings. The van der Waals surface area contributed by atoms with E-state index in [2.05, 4.69) is 5.10 Å². The highest BCUT2D eigenvalue weighted by Gasteiger charge is 2.17. The number of hydrogen-bond acceptors (Lipinski definition) is 4. The molecule has 0 spiro atoms. The van der Waals surface area contributed by atoms with Crippen LogP contribution < -0.4 is 11.5 Å². The maximum absolute atomic E-state index is 8.83. The van der Waals surface area contributed by atoms with Gasteiger partial charge in [-0.25, -0.2) is 0 Å². The van der Waals surface area contributed by atoms with Gasteiger partial charge in [-0.2, -0.15) is 10.4 Å². The lowest BCUT2D eigenvalue weighted by Gasteiger charge is -2.03. The monoisotopic (exact) mass is 179 g/mol. The maximum Gasteiger partial charge on any atom is 0.139 e. The molecule has 1 rings (SSSR count). The standard InChI is InChI=1S/C8H13N5/c1-5(3-9)7-6(4-10)8(11)13(2)12-7/h5H,3,9,11H2,1-2H3. The van der Waals surface area contributed by atoms with Crippen LogP contribution in [0.3, 0.4) is 0 Å². The summed E-state index contributed by atoms with van der Waals surface area (Å²) in [6.07, 6.45) is 0. The highest BCUT2D eigenvalue weighted by molar-refractivity contribution is 5.52. The molecule has 0 saturated heterocycles. The molecule has 0 aliphatic heterocycles. The molecular formula is C8H13N5. The van der Waals surface area contributed by atoms with Gasteiger partial charge in [0.25, 0.3) is 0 Å². The van der Waals surface area contributed by atoms with Crippen LogP contribution in [-0.2, 0) is 7.05 Å². The van der Waals surface area contributed by atoms with Crippen LogP contribution in [0.1, 0.15) is 24.1 Å². The Labute approximate surface area is 76.9 Å². The minimum Gasteiger partial charge on any atom is -0.383 e. The van der Waals surface area contributed by atoms with Gasteiger partial charge in [0.15, 0.2) is 0 Å². The lowest BCUT2D eigenvalue weighted by atomic mass is 10.0. The molecule has 0 aromatic carbocycles. The predicted octanol–water partition coefficient (Wildman–Crippen LogP) is -0.0638. The number of nitrogen functional groups attached to an aromatic ring is 1. The Morgan fingerprint density at radius 3 is 2.77 bits per heavy atom. The van der Waals surface area contributed by atoms with E-state index in [0.29, 0.717) is 23.6 Å². The molecule has 4 N–H and O–H groups in total. The van der Waals surface area contributed by atoms with Crippen LogP contribution in [0.15, 0.2) is 0 Å². The SMILES string of the molecule is CC(CN)c1nn(C)c(N)c1C#N. The van der Waals surface area contributed by atoms with E-state index < -0.39 is 0 Å². The first-order chi connectivity index (χ1) is 6.11. The second-order valence-electron chi connectivity index (χ2n) is 3.02. The van der Waals surface area contributed by atoms with Gasteiger partial charge >= 0.3 is 0 Å². The Kier molecular flexibility index (Phi) is 2.54. The smallest absolute Gasteiger partial charge is 0.139 e. The first kappa shape index (κ1) is 9.55. The van der Waals surface area contributed by atoms with E-state index in [1.807, 2.05) is 13.0 Å². The summed E-state index contributed by atoms with van der Waals surface area (Å²) in [4.78, 5) is 0. The quantitative estimate of drug-likeness (QED) is 0.664. The normalized spacial score (nSPS) is 12.5. The summed E-state index contributed by atoms with van der Waals surface area (Å²) in [7, 11) is 1.71. The van der Waals surface area contributed by atoms with Gasteiger partial charge in [0.1, 0.15) is 17.5 Å². The molecular weight excluding hydrogens is 166 g/mol. The van der Waals surface area contributed by atoms with E-state index in [1.54, 1.807) is 7.05 Å². The summed E-state index contributed by atoms with van der Waals surface area (Å²) >= 11 is 0. The Morgan fingerprint density at radius 1 is 1.69 bits per heavy atom. The molecule has 0 bridgehead atoms. The number of rotatable bonds is 2. The van der Waals surface area contributed by atoms with E-state index in [1.165, 1.54) is 4.68 Å². The average molecular weight is 179 g/mol. The van der Waals surface area contributed by atoms with E-state index in [4.69, 9.17) is 16.7 Å². The van der Waals surface area contributed by atoms with Crippen molar-refractivity contribution in [1.29, 1.82) is 5.26 Å². The maximum atomic E-state index is 8.83. The van der Waals surface area contributed by atoms with Crippen molar-refractivity contribution in [3.63, 3.8) is 0 Å². The number of aromatic nitrogens is 2. The van der Waals surface area contributed by atoms with E-state index in [-0.39, 0.29) is 5.92 Å². The van der Waals surface area contributed by atoms with Gasteiger partial charge in [0.05, 0.1) is 5.69 Å². The van der Waals surface area contributed by atoms with Crippen LogP contribution in [0.2, 0.25) is 0 Å². The van der Waals surface area contributed by atoms with Crippen LogP contribution in [0.5, 0.6) is 0 Å². The highest BCUT2D eigenvalue weighted by atomic mass is 15.3. The largest absolute Gasteiger partial charge is 0.383 e. The molecule has 0 radical (unpaired) electrons. The van der Waals surface area contributed by atoms with Crippen molar-refractivity contribution >= 4 is 5.82 Å². The molecule has 1 heterocycles. The van der Waals surface area contributed by atoms with Gasteiger partial charge in [0.2, 0.25) is 0 Å². The average Bonchev–Trinajstić information content (AvgIpc) is 2.42. The predicted molar refractivity (Wildman–Crippen MR) is 49.8 cm³/mol. The van der Waals surface area contributed by atoms with Gasteiger partial charge < -0.3 is 11.5 Å². The highest BCUT2D eigenvalue weighted by Crippen LogP contribution is 2.21. The molecule has 13 heavy (non-hydrogen) atoms. The van der Waals surface area contributed by atoms with E-state index in [0.717, 1.165) is 0 Å². The van der Waals surface area contributed by atoms with Gasteiger partial charge in [-0.1, -0.05) is 6.92 Å². The zero-order valence-corrected chi connectivity index (χ0v) is 7.78. The fourth-order valence-corrected chi connectivity index (χ4v) is 1.13. The van der Waals surface area contributed by atoms with Crippen molar-refractivity contribution in [2.24, 2.45) is 12.8 Å². The number of hydrogen-bond donors (Lipinski definition) is 2. The van der Waals surface area contributed by atoms with Gasteiger partial charge in [-0.05, 0) is 0 Å². The van der Waals surface area contributed by atoms with Gasteiger partial charge in [0, 0.05) is 19.5 Å². The van der Waals surface area contributed by atoms with E-state index >= 15 is 0 Å². The third-order valence-electron chi connectivity index (χ3n) is 2.05. The number of nitriles is 1. The Bertz CT molecular complexity index is 346. The van der Waals surface area contributed by atoms with Gasteiger partial charge in [-0.3, -0.25) is 4.68 Å². The van der Waals surface area contributed by atoms with Crippen molar-refractivity contribution in [2.45, 2.75) is 12.8 Å². The third-order valence-corrected chi connectivity index (χ3v) is 2.05. The minimum absolute atomic E-state index is 0.0677. The fourth-order valence-electron chi connectivity index (χ4n) is 1.13. The first-order valence-corrected chi connectivity index (χ1v) is 4.04. The molecule has 0 saturated carbocycles. The molecule has 1 atom stereocenters. The number of nitrogens with two attached hydrogens (primary N) is 2. The second kappa shape index (κ2) is 3.46. The second-order valence-corrected chi connectivity index (χ2v) is 3.02. The molecule has 5 heteroatoms. The first-order valence-electron chi connectivity index (χ1n) is 4.04. The molecule has 70 valence electrons. The molecule has 0 aliphatic carbocycles. The summed E-state index contributed by atoms with van der Waals surface area (Å²) < 4.78 is 1.50. The molecule has 1 unspecified atom stereocenters. The van der Waals surface area contributed by atoms with Crippen molar-refractivity contribution in [3.05, 3.63) is 11.3 Å². The Balaban J connectivity index is 3.23. The van der Waals surface area contributed by atoms with Crippen LogP contribution in [0, 0.1) is 11.3 Å². The van der Waals surface area contributed by atoms with Crippen molar-refractivity contribution in [3.8, 4) is 6.07 Å². The molecule has 1 aromatic rings. The minimum atomic E-state index is 0.0677. The summed E-state index contributed by atoms with van der Waals surface area (Å²) in [5, 5.41) is 13.0. The van der Waals surface area contributed by atoms with Crippen LogP contribution in [-0.4, -0.2) is 16.3 Å². The van der Waals surface area contributed by atoms with E-state index in [9.17, 15) is 0 Å². The van der Waals surface area contributed by atoms with Crippen molar-refractivity contribution in [2.75, 3.05) is 12.3 Å². The summed E-state index contributed by atoms with van der Waals surface area (Å²) in [6, 6.07) is 2.04. The molecule has 0 amide bonds. The van der Waals surface area contributed by atoms with Crippen LogP contribution in [0.25, 0.3) is 0 Å². The zero-order chi connectivity index (χ0) is 10.0. The Hall–Kier alpha value is -1.54. The Morgan fingerprint density at radius 2 is 2.31 bits per heavy atom. The number of nitrogens with zero attached hydrogens (tertiary/aromatic N) is 3. The fraction of sp³-hybridized carbons (Fsp3) is 0.500. The summed E-state index contributed by atoms with van der Waals surface area (Å²) in [5.74, 6) is 0.468. The number of aryl methyl sites for hydroxylation is 1. The summed E-state index contributed by atoms with van der Waals surface area (Å²) in [6.45, 7) is 2.38. The molecule has 5 nitrogen and oxygen atoms in total. The number of anilines is 1. The van der Waals surface area contributed by atoms with Crippen LogP contribution >= 0.6 is 0 Å². The molecule has 1 aromatic heterocycles. The lowest BCUT2D eigenvalue weighted by Crippen LogP contribution is -2.10. The lowest BCUT2D eigenvalue weighted by molar-refractivity contribution is 0.689.